The lowest BCUT2D eigenvalue weighted by Crippen LogP contribution is -1.98. The minimum atomic E-state index is -0.534. The Hall–Kier alpha value is -2.09. The quantitative estimate of drug-likeness (QED) is 0.434. The molecule has 0 aliphatic heterocycles. The molecule has 0 fully saturated rings. The second kappa shape index (κ2) is 5.71. The van der Waals surface area contributed by atoms with Crippen LogP contribution in [0.2, 0.25) is 0 Å². The minimum Gasteiger partial charge on any atom is -0.493 e. The van der Waals surface area contributed by atoms with Gasteiger partial charge in [0.05, 0.1) is 29.2 Å². The van der Waals surface area contributed by atoms with Crippen molar-refractivity contribution in [3.8, 4) is 11.8 Å². The van der Waals surface area contributed by atoms with E-state index in [0.29, 0.717) is 12.4 Å². The predicted molar refractivity (Wildman–Crippen MR) is 58.2 cm³/mol. The van der Waals surface area contributed by atoms with Crippen molar-refractivity contribution in [1.29, 1.82) is 5.26 Å². The Labute approximate surface area is 93.4 Å². The molecule has 0 saturated heterocycles. The number of rotatable bonds is 5. The summed E-state index contributed by atoms with van der Waals surface area (Å²) >= 11 is 0. The summed E-state index contributed by atoms with van der Waals surface area (Å²) in [5.41, 5.74) is 0.117. The molecule has 16 heavy (non-hydrogen) atoms. The largest absolute Gasteiger partial charge is 0.493 e. The molecule has 1 rings (SSSR count). The second-order valence-electron chi connectivity index (χ2n) is 3.29. The van der Waals surface area contributed by atoms with Crippen molar-refractivity contribution in [2.45, 2.75) is 19.8 Å². The number of hydrogen-bond donors (Lipinski definition) is 0. The van der Waals surface area contributed by atoms with E-state index in [0.717, 1.165) is 12.8 Å². The van der Waals surface area contributed by atoms with E-state index in [9.17, 15) is 10.1 Å². The summed E-state index contributed by atoms with van der Waals surface area (Å²) in [5, 5.41) is 19.3. The molecule has 0 bridgehead atoms. The first-order valence-corrected chi connectivity index (χ1v) is 4.99. The van der Waals surface area contributed by atoms with Crippen LogP contribution in [0.15, 0.2) is 18.2 Å². The van der Waals surface area contributed by atoms with Crippen molar-refractivity contribution in [2.75, 3.05) is 6.61 Å². The normalized spacial score (nSPS) is 9.50. The first kappa shape index (κ1) is 12.0. The number of unbranched alkanes of at least 4 members (excludes halogenated alkanes) is 1. The number of nitriles is 1. The van der Waals surface area contributed by atoms with Gasteiger partial charge in [-0.15, -0.1) is 0 Å². The Morgan fingerprint density at radius 1 is 1.50 bits per heavy atom. The molecule has 5 nitrogen and oxygen atoms in total. The summed E-state index contributed by atoms with van der Waals surface area (Å²) in [6.07, 6.45) is 1.87. The fraction of sp³-hybridized carbons (Fsp3) is 0.364. The average Bonchev–Trinajstić information content (AvgIpc) is 2.29. The van der Waals surface area contributed by atoms with Crippen LogP contribution in [0, 0.1) is 21.4 Å². The zero-order valence-corrected chi connectivity index (χ0v) is 8.97. The van der Waals surface area contributed by atoms with Gasteiger partial charge in [0.1, 0.15) is 5.75 Å². The van der Waals surface area contributed by atoms with Crippen LogP contribution in [0.5, 0.6) is 5.75 Å². The van der Waals surface area contributed by atoms with E-state index >= 15 is 0 Å². The highest BCUT2D eigenvalue weighted by atomic mass is 16.6. The lowest BCUT2D eigenvalue weighted by atomic mass is 10.2. The van der Waals surface area contributed by atoms with Crippen molar-refractivity contribution in [3.05, 3.63) is 33.9 Å². The predicted octanol–water partition coefficient (Wildman–Crippen LogP) is 2.65. The van der Waals surface area contributed by atoms with E-state index in [-0.39, 0.29) is 11.3 Å². The summed E-state index contributed by atoms with van der Waals surface area (Å²) in [5.74, 6) is 0.374. The van der Waals surface area contributed by atoms with Crippen LogP contribution >= 0.6 is 0 Å². The number of hydrogen-bond acceptors (Lipinski definition) is 4. The molecule has 0 aliphatic carbocycles. The van der Waals surface area contributed by atoms with Gasteiger partial charge in [0.2, 0.25) is 0 Å². The van der Waals surface area contributed by atoms with E-state index in [4.69, 9.17) is 10.00 Å². The van der Waals surface area contributed by atoms with Gasteiger partial charge in [-0.3, -0.25) is 10.1 Å². The third kappa shape index (κ3) is 3.24. The third-order valence-corrected chi connectivity index (χ3v) is 2.00. The first-order valence-electron chi connectivity index (χ1n) is 4.99. The number of nitro groups is 1. The van der Waals surface area contributed by atoms with E-state index < -0.39 is 4.92 Å². The van der Waals surface area contributed by atoms with Crippen LogP contribution in [0.4, 0.5) is 5.69 Å². The van der Waals surface area contributed by atoms with Crippen molar-refractivity contribution >= 4 is 5.69 Å². The molecule has 0 N–H and O–H groups in total. The van der Waals surface area contributed by atoms with Gasteiger partial charge in [0.25, 0.3) is 5.69 Å². The van der Waals surface area contributed by atoms with Gasteiger partial charge in [-0.05, 0) is 12.5 Å². The molecule has 5 heteroatoms. The molecule has 1 aromatic rings. The van der Waals surface area contributed by atoms with Crippen LogP contribution in [-0.4, -0.2) is 11.5 Å². The number of nitrogens with zero attached hydrogens (tertiary/aromatic N) is 2. The number of nitro benzene ring substituents is 1. The van der Waals surface area contributed by atoms with Gasteiger partial charge in [0, 0.05) is 6.07 Å². The van der Waals surface area contributed by atoms with Crippen LogP contribution in [-0.2, 0) is 0 Å². The van der Waals surface area contributed by atoms with Gasteiger partial charge in [-0.1, -0.05) is 13.3 Å². The van der Waals surface area contributed by atoms with Gasteiger partial charge in [0.15, 0.2) is 0 Å². The molecule has 0 aliphatic rings. The molecule has 1 aromatic carbocycles. The smallest absolute Gasteiger partial charge is 0.274 e. The zero-order valence-electron chi connectivity index (χ0n) is 8.97. The summed E-state index contributed by atoms with van der Waals surface area (Å²) in [6.45, 7) is 2.53. The monoisotopic (exact) mass is 220 g/mol. The lowest BCUT2D eigenvalue weighted by Gasteiger charge is -2.05. The van der Waals surface area contributed by atoms with Crippen LogP contribution in [0.1, 0.15) is 25.3 Å². The van der Waals surface area contributed by atoms with Gasteiger partial charge in [-0.25, -0.2) is 0 Å². The Kier molecular flexibility index (Phi) is 4.28. The lowest BCUT2D eigenvalue weighted by molar-refractivity contribution is -0.385. The van der Waals surface area contributed by atoms with Crippen molar-refractivity contribution in [1.82, 2.24) is 0 Å². The van der Waals surface area contributed by atoms with Crippen molar-refractivity contribution in [2.24, 2.45) is 0 Å². The molecule has 0 heterocycles. The van der Waals surface area contributed by atoms with E-state index in [2.05, 4.69) is 0 Å². The Balaban J connectivity index is 2.88. The topological polar surface area (TPSA) is 76.2 Å². The molecular formula is C11H12N2O3. The molecule has 0 amide bonds. The Morgan fingerprint density at radius 3 is 2.81 bits per heavy atom. The molecule has 0 atom stereocenters. The Morgan fingerprint density at radius 2 is 2.25 bits per heavy atom. The van der Waals surface area contributed by atoms with Crippen LogP contribution in [0.25, 0.3) is 0 Å². The molecule has 0 aromatic heterocycles. The summed E-state index contributed by atoms with van der Waals surface area (Å²) in [6, 6.07) is 5.93. The maximum atomic E-state index is 10.6. The Bertz CT molecular complexity index is 424. The average molecular weight is 220 g/mol. The molecular weight excluding hydrogens is 208 g/mol. The van der Waals surface area contributed by atoms with Crippen molar-refractivity contribution in [3.63, 3.8) is 0 Å². The highest BCUT2D eigenvalue weighted by molar-refractivity contribution is 5.47. The maximum absolute atomic E-state index is 10.6. The first-order chi connectivity index (χ1) is 7.67. The van der Waals surface area contributed by atoms with Gasteiger partial charge >= 0.3 is 0 Å². The van der Waals surface area contributed by atoms with E-state index in [1.54, 1.807) is 0 Å². The SMILES string of the molecule is CCCCOc1cc(C#N)cc([N+](=O)[O-])c1. The zero-order chi connectivity index (χ0) is 12.0. The van der Waals surface area contributed by atoms with Gasteiger partial charge < -0.3 is 4.74 Å². The minimum absolute atomic E-state index is 0.120. The maximum Gasteiger partial charge on any atom is 0.274 e. The summed E-state index contributed by atoms with van der Waals surface area (Å²) in [7, 11) is 0. The van der Waals surface area contributed by atoms with Crippen LogP contribution < -0.4 is 4.74 Å². The fourth-order valence-corrected chi connectivity index (χ4v) is 1.17. The molecule has 0 unspecified atom stereocenters. The standard InChI is InChI=1S/C11H12N2O3/c1-2-3-4-16-11-6-9(8-12)5-10(7-11)13(14)15/h5-7H,2-4H2,1H3. The molecule has 0 radical (unpaired) electrons. The molecule has 84 valence electrons. The summed E-state index contributed by atoms with van der Waals surface area (Å²) < 4.78 is 5.32. The van der Waals surface area contributed by atoms with Crippen molar-refractivity contribution < 1.29 is 9.66 Å². The van der Waals surface area contributed by atoms with E-state index in [1.165, 1.54) is 18.2 Å². The highest BCUT2D eigenvalue weighted by Crippen LogP contribution is 2.22. The summed E-state index contributed by atoms with van der Waals surface area (Å²) in [4.78, 5) is 10.1. The number of benzene rings is 1. The van der Waals surface area contributed by atoms with Gasteiger partial charge in [-0.2, -0.15) is 5.26 Å². The number of non-ortho nitro benzene ring substituents is 1. The van der Waals surface area contributed by atoms with Crippen LogP contribution in [0.3, 0.4) is 0 Å². The van der Waals surface area contributed by atoms with E-state index in [1.807, 2.05) is 13.0 Å². The number of ether oxygens (including phenoxy) is 1. The second-order valence-corrected chi connectivity index (χ2v) is 3.29. The third-order valence-electron chi connectivity index (χ3n) is 2.00. The molecule has 0 saturated carbocycles. The fourth-order valence-electron chi connectivity index (χ4n) is 1.17. The highest BCUT2D eigenvalue weighted by Gasteiger charge is 2.10. The molecule has 0 spiro atoms.